The van der Waals surface area contributed by atoms with Gasteiger partial charge in [0.2, 0.25) is 0 Å². The molecule has 50 valence electrons. The molecule has 1 heteroatoms. The average molecular weight is 131 g/mol. The standard InChI is InChI=1S/C9H9N/c1-2-8-7-3-4-10-9(8)5-6(1)7/h1-2,5,7,10H,3-4H2. The van der Waals surface area contributed by atoms with E-state index in [0.29, 0.717) is 0 Å². The van der Waals surface area contributed by atoms with E-state index >= 15 is 0 Å². The molecule has 0 aromatic carbocycles. The van der Waals surface area contributed by atoms with Gasteiger partial charge in [-0.3, -0.25) is 0 Å². The van der Waals surface area contributed by atoms with Crippen LogP contribution in [0.1, 0.15) is 6.42 Å². The van der Waals surface area contributed by atoms with Crippen molar-refractivity contribution in [1.29, 1.82) is 0 Å². The van der Waals surface area contributed by atoms with E-state index in [2.05, 4.69) is 23.5 Å². The lowest BCUT2D eigenvalue weighted by atomic mass is 9.97. The highest BCUT2D eigenvalue weighted by Crippen LogP contribution is 2.42. The first-order valence-electron chi connectivity index (χ1n) is 3.83. The highest BCUT2D eigenvalue weighted by atomic mass is 14.9. The molecule has 4 bridgehead atoms. The fourth-order valence-corrected chi connectivity index (χ4v) is 2.10. The maximum Gasteiger partial charge on any atom is 0.0381 e. The fraction of sp³-hybridized carbons (Fsp3) is 0.333. The molecule has 0 saturated carbocycles. The smallest absolute Gasteiger partial charge is 0.0381 e. The first-order valence-corrected chi connectivity index (χ1v) is 3.83. The van der Waals surface area contributed by atoms with E-state index in [1.165, 1.54) is 23.3 Å². The molecule has 1 nitrogen and oxygen atoms in total. The van der Waals surface area contributed by atoms with Gasteiger partial charge < -0.3 is 5.32 Å². The van der Waals surface area contributed by atoms with Gasteiger partial charge in [-0.05, 0) is 23.6 Å². The summed E-state index contributed by atoms with van der Waals surface area (Å²) in [5, 5.41) is 3.39. The minimum Gasteiger partial charge on any atom is -0.385 e. The Kier molecular flexibility index (Phi) is 0.652. The van der Waals surface area contributed by atoms with Gasteiger partial charge in [-0.1, -0.05) is 12.2 Å². The highest BCUT2D eigenvalue weighted by molar-refractivity contribution is 5.58. The van der Waals surface area contributed by atoms with Crippen molar-refractivity contribution in [3.63, 3.8) is 0 Å². The van der Waals surface area contributed by atoms with Gasteiger partial charge in [0, 0.05) is 18.2 Å². The van der Waals surface area contributed by atoms with Crippen LogP contribution < -0.4 is 5.32 Å². The predicted octanol–water partition coefficient (Wildman–Crippen LogP) is 1.36. The van der Waals surface area contributed by atoms with Crippen LogP contribution in [0.15, 0.2) is 35.1 Å². The van der Waals surface area contributed by atoms with E-state index in [1.807, 2.05) is 0 Å². The van der Waals surface area contributed by atoms with Crippen LogP contribution in [0.4, 0.5) is 0 Å². The third-order valence-electron chi connectivity index (χ3n) is 2.60. The largest absolute Gasteiger partial charge is 0.385 e. The third kappa shape index (κ3) is 0.376. The van der Waals surface area contributed by atoms with Crippen LogP contribution in [-0.2, 0) is 0 Å². The molecule has 0 spiro atoms. The fourth-order valence-electron chi connectivity index (χ4n) is 2.10. The van der Waals surface area contributed by atoms with Gasteiger partial charge >= 0.3 is 0 Å². The predicted molar refractivity (Wildman–Crippen MR) is 40.4 cm³/mol. The maximum atomic E-state index is 3.39. The van der Waals surface area contributed by atoms with Crippen molar-refractivity contribution in [2.75, 3.05) is 6.54 Å². The second kappa shape index (κ2) is 1.36. The van der Waals surface area contributed by atoms with Crippen LogP contribution >= 0.6 is 0 Å². The Bertz CT molecular complexity index is 281. The molecular formula is C9H9N. The Labute approximate surface area is 60.1 Å². The van der Waals surface area contributed by atoms with Crippen LogP contribution in [0.25, 0.3) is 0 Å². The van der Waals surface area contributed by atoms with Crippen molar-refractivity contribution >= 4 is 0 Å². The van der Waals surface area contributed by atoms with Gasteiger partial charge in [0.25, 0.3) is 0 Å². The molecule has 1 aliphatic heterocycles. The molecule has 0 radical (unpaired) electrons. The Morgan fingerprint density at radius 1 is 1.40 bits per heavy atom. The Morgan fingerprint density at radius 3 is 3.20 bits per heavy atom. The minimum atomic E-state index is 0.774. The maximum absolute atomic E-state index is 3.39. The minimum absolute atomic E-state index is 0.774. The van der Waals surface area contributed by atoms with Crippen molar-refractivity contribution in [3.8, 4) is 0 Å². The molecule has 3 rings (SSSR count). The lowest BCUT2D eigenvalue weighted by molar-refractivity contribution is 0.614. The average Bonchev–Trinajstić information content (AvgIpc) is 2.44. The Morgan fingerprint density at radius 2 is 2.40 bits per heavy atom. The third-order valence-corrected chi connectivity index (χ3v) is 2.60. The molecule has 1 unspecified atom stereocenters. The summed E-state index contributed by atoms with van der Waals surface area (Å²) in [4.78, 5) is 0. The highest BCUT2D eigenvalue weighted by Gasteiger charge is 2.31. The second-order valence-corrected chi connectivity index (χ2v) is 3.11. The first-order chi connectivity index (χ1) is 4.95. The zero-order valence-electron chi connectivity index (χ0n) is 5.72. The molecule has 1 atom stereocenters. The van der Waals surface area contributed by atoms with Crippen molar-refractivity contribution in [3.05, 3.63) is 35.1 Å². The van der Waals surface area contributed by atoms with Gasteiger partial charge in [0.15, 0.2) is 0 Å². The van der Waals surface area contributed by atoms with Gasteiger partial charge in [-0.25, -0.2) is 0 Å². The van der Waals surface area contributed by atoms with E-state index in [-0.39, 0.29) is 0 Å². The zero-order chi connectivity index (χ0) is 6.55. The Hall–Kier alpha value is -0.980. The Balaban J connectivity index is 2.26. The molecule has 1 heterocycles. The molecule has 0 saturated heterocycles. The monoisotopic (exact) mass is 131 g/mol. The molecule has 0 aromatic rings. The summed E-state index contributed by atoms with van der Waals surface area (Å²) in [7, 11) is 0. The van der Waals surface area contributed by atoms with E-state index in [9.17, 15) is 0 Å². The summed E-state index contributed by atoms with van der Waals surface area (Å²) in [6.45, 7) is 1.16. The van der Waals surface area contributed by atoms with Crippen LogP contribution in [0.3, 0.4) is 0 Å². The van der Waals surface area contributed by atoms with Gasteiger partial charge in [0.05, 0.1) is 0 Å². The number of allylic oxidation sites excluding steroid dienone is 5. The molecule has 0 fully saturated rings. The molecular weight excluding hydrogens is 122 g/mol. The van der Waals surface area contributed by atoms with Crippen molar-refractivity contribution in [1.82, 2.24) is 5.32 Å². The van der Waals surface area contributed by atoms with E-state index in [1.54, 1.807) is 0 Å². The second-order valence-electron chi connectivity index (χ2n) is 3.11. The zero-order valence-corrected chi connectivity index (χ0v) is 5.72. The van der Waals surface area contributed by atoms with Crippen molar-refractivity contribution in [2.45, 2.75) is 6.42 Å². The van der Waals surface area contributed by atoms with E-state index < -0.39 is 0 Å². The topological polar surface area (TPSA) is 12.0 Å². The van der Waals surface area contributed by atoms with Gasteiger partial charge in [-0.2, -0.15) is 0 Å². The van der Waals surface area contributed by atoms with E-state index in [4.69, 9.17) is 0 Å². The van der Waals surface area contributed by atoms with Crippen LogP contribution in [0.5, 0.6) is 0 Å². The normalized spacial score (nSPS) is 32.8. The molecule has 0 aromatic heterocycles. The van der Waals surface area contributed by atoms with Gasteiger partial charge in [-0.15, -0.1) is 0 Å². The summed E-state index contributed by atoms with van der Waals surface area (Å²) < 4.78 is 0. The first kappa shape index (κ1) is 4.78. The van der Waals surface area contributed by atoms with Crippen LogP contribution in [0.2, 0.25) is 0 Å². The summed E-state index contributed by atoms with van der Waals surface area (Å²) >= 11 is 0. The summed E-state index contributed by atoms with van der Waals surface area (Å²) in [5.74, 6) is 0.774. The SMILES string of the molecule is C1=CC2=C3C=C1C2CCN3. The lowest BCUT2D eigenvalue weighted by Gasteiger charge is -2.17. The molecule has 0 amide bonds. The van der Waals surface area contributed by atoms with Crippen molar-refractivity contribution < 1.29 is 0 Å². The van der Waals surface area contributed by atoms with Crippen LogP contribution in [-0.4, -0.2) is 6.54 Å². The molecule has 10 heavy (non-hydrogen) atoms. The molecule has 3 aliphatic rings. The molecule has 1 N–H and O–H groups in total. The number of rotatable bonds is 0. The number of hydrogen-bond donors (Lipinski definition) is 1. The summed E-state index contributed by atoms with van der Waals surface area (Å²) in [6, 6.07) is 0. The number of nitrogens with one attached hydrogen (secondary N) is 1. The van der Waals surface area contributed by atoms with Gasteiger partial charge in [0.1, 0.15) is 0 Å². The molecule has 2 aliphatic carbocycles. The summed E-state index contributed by atoms with van der Waals surface area (Å²) in [6.07, 6.45) is 8.07. The number of hydrogen-bond acceptors (Lipinski definition) is 1. The van der Waals surface area contributed by atoms with Crippen LogP contribution in [0, 0.1) is 5.92 Å². The quantitative estimate of drug-likeness (QED) is 0.523. The summed E-state index contributed by atoms with van der Waals surface area (Å²) in [5.41, 5.74) is 4.44. The van der Waals surface area contributed by atoms with E-state index in [0.717, 1.165) is 12.5 Å². The van der Waals surface area contributed by atoms with Crippen molar-refractivity contribution in [2.24, 2.45) is 5.92 Å². The lowest BCUT2D eigenvalue weighted by Crippen LogP contribution is -2.21.